The Balaban J connectivity index is 0.00000529. The molecule has 10 heteroatoms. The van der Waals surface area contributed by atoms with Crippen molar-refractivity contribution in [1.29, 1.82) is 0 Å². The van der Waals surface area contributed by atoms with E-state index in [1.165, 1.54) is 6.92 Å². The molecule has 0 bridgehead atoms. The van der Waals surface area contributed by atoms with E-state index >= 15 is 0 Å². The standard InChI is InChI=1S/C14H18F6O3.FH/c1-9(2)10(21)23-11(6-4-3-5-7-11)8-12(22,13(15,16)17)14(18,19)20;/h22H,1,3-8H2,2H3;1H. The van der Waals surface area contributed by atoms with E-state index in [1.54, 1.807) is 0 Å². The Morgan fingerprint density at radius 2 is 1.50 bits per heavy atom. The summed E-state index contributed by atoms with van der Waals surface area (Å²) in [6, 6.07) is 0. The van der Waals surface area contributed by atoms with Crippen molar-refractivity contribution < 1.29 is 45.7 Å². The highest BCUT2D eigenvalue weighted by atomic mass is 19.4. The molecule has 1 aliphatic rings. The van der Waals surface area contributed by atoms with Gasteiger partial charge in [-0.3, -0.25) is 4.70 Å². The van der Waals surface area contributed by atoms with Crippen LogP contribution in [0.4, 0.5) is 31.0 Å². The second-order valence-corrected chi connectivity index (χ2v) is 5.95. The van der Waals surface area contributed by atoms with Crippen molar-refractivity contribution in [2.24, 2.45) is 0 Å². The summed E-state index contributed by atoms with van der Waals surface area (Å²) in [6.07, 6.45) is -12.8. The predicted molar refractivity (Wildman–Crippen MR) is 70.9 cm³/mol. The van der Waals surface area contributed by atoms with Crippen molar-refractivity contribution in [2.75, 3.05) is 0 Å². The molecule has 0 atom stereocenters. The first-order valence-corrected chi connectivity index (χ1v) is 6.99. The second-order valence-electron chi connectivity index (χ2n) is 5.95. The molecule has 142 valence electrons. The summed E-state index contributed by atoms with van der Waals surface area (Å²) < 4.78 is 82.3. The fraction of sp³-hybridized carbons (Fsp3) is 0.786. The van der Waals surface area contributed by atoms with Gasteiger partial charge in [0.05, 0.1) is 0 Å². The van der Waals surface area contributed by atoms with Crippen molar-refractivity contribution in [3.05, 3.63) is 12.2 Å². The smallest absolute Gasteiger partial charge is 0.426 e. The second kappa shape index (κ2) is 7.28. The number of ether oxygens (including phenoxy) is 1. The molecule has 0 aromatic heterocycles. The quantitative estimate of drug-likeness (QED) is 0.459. The fourth-order valence-electron chi connectivity index (χ4n) is 2.62. The topological polar surface area (TPSA) is 46.5 Å². The van der Waals surface area contributed by atoms with Crippen LogP contribution < -0.4 is 0 Å². The molecular formula is C14H19F7O3. The third-order valence-electron chi connectivity index (χ3n) is 3.94. The summed E-state index contributed by atoms with van der Waals surface area (Å²) in [7, 11) is 0. The molecule has 0 aromatic carbocycles. The third-order valence-corrected chi connectivity index (χ3v) is 3.94. The van der Waals surface area contributed by atoms with Gasteiger partial charge in [-0.2, -0.15) is 26.3 Å². The number of hydrogen-bond acceptors (Lipinski definition) is 3. The van der Waals surface area contributed by atoms with E-state index in [4.69, 9.17) is 4.74 Å². The van der Waals surface area contributed by atoms with Crippen LogP contribution in [-0.4, -0.2) is 34.6 Å². The normalized spacial score (nSPS) is 18.5. The molecule has 0 aromatic rings. The number of hydrogen-bond donors (Lipinski definition) is 1. The summed E-state index contributed by atoms with van der Waals surface area (Å²) in [5.74, 6) is -1.07. The Morgan fingerprint density at radius 3 is 1.83 bits per heavy atom. The van der Waals surface area contributed by atoms with E-state index in [1.807, 2.05) is 0 Å². The number of carbonyl (C=O) groups excluding carboxylic acids is 1. The van der Waals surface area contributed by atoms with Crippen molar-refractivity contribution in [2.45, 2.75) is 69.0 Å². The summed E-state index contributed by atoms with van der Waals surface area (Å²) in [5, 5.41) is 9.39. The monoisotopic (exact) mass is 368 g/mol. The SMILES string of the molecule is C=C(C)C(=O)OC1(CC(O)(C(F)(F)F)C(F)(F)F)CCCCC1.F. The molecule has 0 unspecified atom stereocenters. The van der Waals surface area contributed by atoms with Gasteiger partial charge in [0.25, 0.3) is 5.60 Å². The number of alkyl halides is 6. The molecule has 0 spiro atoms. The van der Waals surface area contributed by atoms with Crippen molar-refractivity contribution in [1.82, 2.24) is 0 Å². The van der Waals surface area contributed by atoms with Gasteiger partial charge in [0.1, 0.15) is 5.60 Å². The lowest BCUT2D eigenvalue weighted by molar-refractivity contribution is -0.379. The lowest BCUT2D eigenvalue weighted by Gasteiger charge is -2.43. The zero-order valence-corrected chi connectivity index (χ0v) is 12.9. The van der Waals surface area contributed by atoms with E-state index in [0.717, 1.165) is 0 Å². The molecular weight excluding hydrogens is 349 g/mol. The van der Waals surface area contributed by atoms with Gasteiger partial charge < -0.3 is 9.84 Å². The van der Waals surface area contributed by atoms with Gasteiger partial charge in [-0.05, 0) is 32.6 Å². The zero-order chi connectivity index (χ0) is 18.1. The van der Waals surface area contributed by atoms with Gasteiger partial charge >= 0.3 is 18.3 Å². The summed E-state index contributed by atoms with van der Waals surface area (Å²) in [6.45, 7) is 4.50. The van der Waals surface area contributed by atoms with Crippen LogP contribution in [0.1, 0.15) is 45.4 Å². The maximum absolute atomic E-state index is 12.9. The van der Waals surface area contributed by atoms with Gasteiger partial charge in [-0.1, -0.05) is 13.0 Å². The molecule has 0 amide bonds. The molecule has 24 heavy (non-hydrogen) atoms. The van der Waals surface area contributed by atoms with Crippen LogP contribution in [0.2, 0.25) is 0 Å². The molecule has 1 aliphatic carbocycles. The van der Waals surface area contributed by atoms with Crippen LogP contribution in [0.25, 0.3) is 0 Å². The molecule has 0 aliphatic heterocycles. The molecule has 0 radical (unpaired) electrons. The highest BCUT2D eigenvalue weighted by Gasteiger charge is 2.72. The van der Waals surface area contributed by atoms with Crippen LogP contribution in [0, 0.1) is 0 Å². The highest BCUT2D eigenvalue weighted by Crippen LogP contribution is 2.50. The Kier molecular flexibility index (Phi) is 6.88. The average molecular weight is 368 g/mol. The first-order valence-electron chi connectivity index (χ1n) is 6.99. The lowest BCUT2D eigenvalue weighted by Crippen LogP contribution is -2.61. The number of carbonyl (C=O) groups is 1. The minimum Gasteiger partial charge on any atom is -0.456 e. The summed E-state index contributed by atoms with van der Waals surface area (Å²) in [4.78, 5) is 11.6. The Bertz CT molecular complexity index is 448. The molecule has 1 rings (SSSR count). The van der Waals surface area contributed by atoms with E-state index in [0.29, 0.717) is 19.3 Å². The Labute approximate surface area is 134 Å². The number of rotatable bonds is 4. The van der Waals surface area contributed by atoms with E-state index in [-0.39, 0.29) is 23.1 Å². The van der Waals surface area contributed by atoms with E-state index in [2.05, 4.69) is 6.58 Å². The molecule has 1 saturated carbocycles. The number of halogens is 7. The van der Waals surface area contributed by atoms with Crippen molar-refractivity contribution in [3.63, 3.8) is 0 Å². The van der Waals surface area contributed by atoms with Crippen LogP contribution in [-0.2, 0) is 9.53 Å². The molecule has 1 fully saturated rings. The molecule has 0 heterocycles. The van der Waals surface area contributed by atoms with Gasteiger partial charge in [-0.25, -0.2) is 4.79 Å². The van der Waals surface area contributed by atoms with E-state index in [9.17, 15) is 36.2 Å². The number of esters is 1. The summed E-state index contributed by atoms with van der Waals surface area (Å²) in [5.41, 5.74) is -7.10. The largest absolute Gasteiger partial charge is 0.456 e. The molecule has 0 saturated heterocycles. The fourth-order valence-corrected chi connectivity index (χ4v) is 2.62. The minimum absolute atomic E-state index is 0. The van der Waals surface area contributed by atoms with Crippen LogP contribution in [0.3, 0.4) is 0 Å². The predicted octanol–water partition coefficient (Wildman–Crippen LogP) is 4.21. The van der Waals surface area contributed by atoms with Crippen LogP contribution in [0.5, 0.6) is 0 Å². The molecule has 3 nitrogen and oxygen atoms in total. The van der Waals surface area contributed by atoms with E-state index < -0.39 is 35.9 Å². The Morgan fingerprint density at radius 1 is 1.08 bits per heavy atom. The molecule has 1 N–H and O–H groups in total. The maximum Gasteiger partial charge on any atom is 0.426 e. The summed E-state index contributed by atoms with van der Waals surface area (Å²) >= 11 is 0. The van der Waals surface area contributed by atoms with Gasteiger partial charge in [0, 0.05) is 12.0 Å². The van der Waals surface area contributed by atoms with Gasteiger partial charge in [0.15, 0.2) is 0 Å². The first-order chi connectivity index (χ1) is 10.2. The number of aliphatic hydroxyl groups is 1. The lowest BCUT2D eigenvalue weighted by atomic mass is 9.76. The average Bonchev–Trinajstić information content (AvgIpc) is 2.36. The Hall–Kier alpha value is -1.32. The van der Waals surface area contributed by atoms with Crippen LogP contribution >= 0.6 is 0 Å². The maximum atomic E-state index is 12.9. The first kappa shape index (κ1) is 22.7. The zero-order valence-electron chi connectivity index (χ0n) is 12.9. The van der Waals surface area contributed by atoms with Crippen LogP contribution in [0.15, 0.2) is 12.2 Å². The minimum atomic E-state index is -5.94. The van der Waals surface area contributed by atoms with Crippen molar-refractivity contribution >= 4 is 5.97 Å². The highest BCUT2D eigenvalue weighted by molar-refractivity contribution is 5.87. The van der Waals surface area contributed by atoms with Gasteiger partial charge in [0.2, 0.25) is 0 Å². The third kappa shape index (κ3) is 4.61. The van der Waals surface area contributed by atoms with Crippen molar-refractivity contribution in [3.8, 4) is 0 Å². The van der Waals surface area contributed by atoms with Gasteiger partial charge in [-0.15, -0.1) is 0 Å².